The maximum absolute atomic E-state index is 4.34. The van der Waals surface area contributed by atoms with Gasteiger partial charge < -0.3 is 9.88 Å². The Kier molecular flexibility index (Phi) is 2.78. The van der Waals surface area contributed by atoms with Crippen LogP contribution in [-0.2, 0) is 13.6 Å². The molecule has 0 amide bonds. The molecule has 0 unspecified atom stereocenters. The van der Waals surface area contributed by atoms with Gasteiger partial charge in [-0.1, -0.05) is 6.07 Å². The van der Waals surface area contributed by atoms with Crippen LogP contribution >= 0.6 is 0 Å². The van der Waals surface area contributed by atoms with Crippen molar-refractivity contribution in [2.24, 2.45) is 7.05 Å². The minimum atomic E-state index is 0.757. The Morgan fingerprint density at radius 2 is 2.20 bits per heavy atom. The normalized spacial score (nSPS) is 10.5. The number of rotatable bonds is 3. The average molecular weight is 202 g/mol. The van der Waals surface area contributed by atoms with E-state index in [0.717, 1.165) is 23.6 Å². The molecular formula is C11H14N4. The van der Waals surface area contributed by atoms with Gasteiger partial charge in [-0.15, -0.1) is 0 Å². The molecule has 0 aliphatic carbocycles. The fraction of sp³-hybridized carbons (Fsp3) is 0.273. The van der Waals surface area contributed by atoms with Crippen molar-refractivity contribution < 1.29 is 0 Å². The monoisotopic (exact) mass is 202 g/mol. The highest BCUT2D eigenvalue weighted by atomic mass is 15.1. The number of aryl methyl sites for hydroxylation is 1. The van der Waals surface area contributed by atoms with E-state index >= 15 is 0 Å². The van der Waals surface area contributed by atoms with Gasteiger partial charge in [-0.2, -0.15) is 0 Å². The van der Waals surface area contributed by atoms with E-state index in [-0.39, 0.29) is 0 Å². The van der Waals surface area contributed by atoms with Crippen molar-refractivity contribution in [1.82, 2.24) is 19.9 Å². The molecule has 2 heterocycles. The third-order valence-corrected chi connectivity index (χ3v) is 2.26. The summed E-state index contributed by atoms with van der Waals surface area (Å²) in [5.41, 5.74) is 3.06. The van der Waals surface area contributed by atoms with Gasteiger partial charge >= 0.3 is 0 Å². The van der Waals surface area contributed by atoms with E-state index in [1.54, 1.807) is 6.20 Å². The molecule has 15 heavy (non-hydrogen) atoms. The second kappa shape index (κ2) is 4.23. The largest absolute Gasteiger partial charge is 0.332 e. The van der Waals surface area contributed by atoms with Gasteiger partial charge in [0.05, 0.1) is 23.4 Å². The standard InChI is InChI=1S/C11H14N4/c1-12-7-10-11(15(2)8-14-10)9-5-3-4-6-13-9/h3-6,8,12H,7H2,1-2H3. The summed E-state index contributed by atoms with van der Waals surface area (Å²) in [6, 6.07) is 5.90. The van der Waals surface area contributed by atoms with Crippen molar-refractivity contribution in [2.75, 3.05) is 7.05 Å². The van der Waals surface area contributed by atoms with E-state index in [0.29, 0.717) is 0 Å². The first-order chi connectivity index (χ1) is 7.33. The fourth-order valence-electron chi connectivity index (χ4n) is 1.61. The number of hydrogen-bond acceptors (Lipinski definition) is 3. The van der Waals surface area contributed by atoms with Gasteiger partial charge in [0.1, 0.15) is 0 Å². The first-order valence-electron chi connectivity index (χ1n) is 4.89. The van der Waals surface area contributed by atoms with Crippen LogP contribution in [0.15, 0.2) is 30.7 Å². The summed E-state index contributed by atoms with van der Waals surface area (Å²) in [5.74, 6) is 0. The highest BCUT2D eigenvalue weighted by Gasteiger charge is 2.10. The zero-order valence-electron chi connectivity index (χ0n) is 8.94. The average Bonchev–Trinajstić information content (AvgIpc) is 2.62. The molecule has 0 aliphatic heterocycles. The highest BCUT2D eigenvalue weighted by Crippen LogP contribution is 2.19. The minimum absolute atomic E-state index is 0.757. The van der Waals surface area contributed by atoms with Crippen LogP contribution in [0.25, 0.3) is 11.4 Å². The summed E-state index contributed by atoms with van der Waals surface area (Å²) in [6.07, 6.45) is 3.61. The molecule has 0 spiro atoms. The third kappa shape index (κ3) is 1.89. The van der Waals surface area contributed by atoms with Gasteiger partial charge in [-0.3, -0.25) is 4.98 Å². The molecule has 1 N–H and O–H groups in total. The maximum Gasteiger partial charge on any atom is 0.0952 e. The predicted octanol–water partition coefficient (Wildman–Crippen LogP) is 1.20. The van der Waals surface area contributed by atoms with Crippen LogP contribution in [0.3, 0.4) is 0 Å². The summed E-state index contributed by atoms with van der Waals surface area (Å²) in [4.78, 5) is 8.68. The Labute approximate surface area is 89.0 Å². The number of hydrogen-bond donors (Lipinski definition) is 1. The second-order valence-electron chi connectivity index (χ2n) is 3.40. The lowest BCUT2D eigenvalue weighted by Crippen LogP contribution is -2.07. The molecular weight excluding hydrogens is 188 g/mol. The van der Waals surface area contributed by atoms with E-state index < -0.39 is 0 Å². The van der Waals surface area contributed by atoms with Gasteiger partial charge in [0.25, 0.3) is 0 Å². The Hall–Kier alpha value is -1.68. The fourth-order valence-corrected chi connectivity index (χ4v) is 1.61. The molecule has 0 saturated carbocycles. The van der Waals surface area contributed by atoms with Crippen molar-refractivity contribution in [1.29, 1.82) is 0 Å². The number of aromatic nitrogens is 3. The summed E-state index contributed by atoms with van der Waals surface area (Å²) >= 11 is 0. The van der Waals surface area contributed by atoms with Crippen LogP contribution in [0.4, 0.5) is 0 Å². The Balaban J connectivity index is 2.47. The number of pyridine rings is 1. The zero-order chi connectivity index (χ0) is 10.7. The van der Waals surface area contributed by atoms with Gasteiger partial charge in [-0.05, 0) is 19.2 Å². The van der Waals surface area contributed by atoms with Crippen LogP contribution in [0.5, 0.6) is 0 Å². The smallest absolute Gasteiger partial charge is 0.0952 e. The van der Waals surface area contributed by atoms with Crippen molar-refractivity contribution in [3.63, 3.8) is 0 Å². The van der Waals surface area contributed by atoms with Gasteiger partial charge in [0, 0.05) is 19.8 Å². The van der Waals surface area contributed by atoms with Crippen LogP contribution < -0.4 is 5.32 Å². The van der Waals surface area contributed by atoms with Crippen LogP contribution in [-0.4, -0.2) is 21.6 Å². The zero-order valence-corrected chi connectivity index (χ0v) is 8.94. The molecule has 0 radical (unpaired) electrons. The molecule has 0 aromatic carbocycles. The molecule has 2 aromatic heterocycles. The lowest BCUT2D eigenvalue weighted by atomic mass is 10.2. The predicted molar refractivity (Wildman–Crippen MR) is 59.2 cm³/mol. The summed E-state index contributed by atoms with van der Waals surface area (Å²) in [7, 11) is 3.90. The quantitative estimate of drug-likeness (QED) is 0.813. The van der Waals surface area contributed by atoms with Gasteiger partial charge in [0.15, 0.2) is 0 Å². The van der Waals surface area contributed by atoms with Crippen LogP contribution in [0.1, 0.15) is 5.69 Å². The van der Waals surface area contributed by atoms with Crippen molar-refractivity contribution in [2.45, 2.75) is 6.54 Å². The minimum Gasteiger partial charge on any atom is -0.332 e. The van der Waals surface area contributed by atoms with E-state index in [1.807, 2.05) is 43.2 Å². The number of nitrogens with zero attached hydrogens (tertiary/aromatic N) is 3. The second-order valence-corrected chi connectivity index (χ2v) is 3.40. The Morgan fingerprint density at radius 3 is 2.87 bits per heavy atom. The number of imidazole rings is 1. The molecule has 4 nitrogen and oxygen atoms in total. The molecule has 0 atom stereocenters. The van der Waals surface area contributed by atoms with E-state index in [1.165, 1.54) is 0 Å². The van der Waals surface area contributed by atoms with E-state index in [2.05, 4.69) is 15.3 Å². The van der Waals surface area contributed by atoms with Gasteiger partial charge in [-0.25, -0.2) is 4.98 Å². The molecule has 2 aromatic rings. The SMILES string of the molecule is CNCc1ncn(C)c1-c1ccccn1. The van der Waals surface area contributed by atoms with Crippen LogP contribution in [0.2, 0.25) is 0 Å². The Bertz CT molecular complexity index is 433. The van der Waals surface area contributed by atoms with Crippen molar-refractivity contribution in [3.8, 4) is 11.4 Å². The van der Waals surface area contributed by atoms with E-state index in [4.69, 9.17) is 0 Å². The lowest BCUT2D eigenvalue weighted by molar-refractivity contribution is 0.797. The molecule has 0 saturated heterocycles. The number of nitrogens with one attached hydrogen (secondary N) is 1. The molecule has 2 rings (SSSR count). The van der Waals surface area contributed by atoms with Crippen molar-refractivity contribution >= 4 is 0 Å². The molecule has 0 aliphatic rings. The maximum atomic E-state index is 4.34. The Morgan fingerprint density at radius 1 is 1.33 bits per heavy atom. The first-order valence-corrected chi connectivity index (χ1v) is 4.89. The molecule has 0 fully saturated rings. The lowest BCUT2D eigenvalue weighted by Gasteiger charge is -2.04. The first kappa shape index (κ1) is 9.86. The summed E-state index contributed by atoms with van der Waals surface area (Å²) in [6.45, 7) is 0.757. The van der Waals surface area contributed by atoms with E-state index in [9.17, 15) is 0 Å². The highest BCUT2D eigenvalue weighted by molar-refractivity contribution is 5.57. The van der Waals surface area contributed by atoms with Gasteiger partial charge in [0.2, 0.25) is 0 Å². The molecule has 0 bridgehead atoms. The van der Waals surface area contributed by atoms with Crippen molar-refractivity contribution in [3.05, 3.63) is 36.4 Å². The van der Waals surface area contributed by atoms with Crippen LogP contribution in [0, 0.1) is 0 Å². The molecule has 78 valence electrons. The summed E-state index contributed by atoms with van der Waals surface area (Å²) in [5, 5.41) is 3.10. The topological polar surface area (TPSA) is 42.7 Å². The summed E-state index contributed by atoms with van der Waals surface area (Å²) < 4.78 is 2.00. The molecule has 4 heteroatoms. The third-order valence-electron chi connectivity index (χ3n) is 2.26.